The van der Waals surface area contributed by atoms with Crippen LogP contribution < -0.4 is 9.47 Å². The third kappa shape index (κ3) is 3.92. The van der Waals surface area contributed by atoms with Gasteiger partial charge in [0.1, 0.15) is 6.61 Å². The average Bonchev–Trinajstić information content (AvgIpc) is 3.42. The molecule has 0 aliphatic carbocycles. The van der Waals surface area contributed by atoms with Crippen LogP contribution in [0.25, 0.3) is 11.4 Å². The number of para-hydroxylation sites is 2. The van der Waals surface area contributed by atoms with Crippen molar-refractivity contribution in [2.75, 3.05) is 6.61 Å². The molecule has 0 amide bonds. The summed E-state index contributed by atoms with van der Waals surface area (Å²) >= 11 is 7.20. The summed E-state index contributed by atoms with van der Waals surface area (Å²) in [7, 11) is 0. The standard InChI is InChI=1S/C19H13ClN4O4S/c20-12-7-5-11(6-8-12)17-21-16(28-24-17)10-29-19-23-22-18(27-19)15-9-25-13-3-1-2-4-14(13)26-15/h1-8,15H,9-10H2/t15-/m0/s1. The molecule has 1 aliphatic heterocycles. The van der Waals surface area contributed by atoms with Gasteiger partial charge < -0.3 is 18.4 Å². The third-order valence-electron chi connectivity index (χ3n) is 4.10. The van der Waals surface area contributed by atoms with Crippen LogP contribution in [-0.4, -0.2) is 26.9 Å². The third-order valence-corrected chi connectivity index (χ3v) is 5.15. The Bertz CT molecular complexity index is 1130. The van der Waals surface area contributed by atoms with Crippen LogP contribution in [0.2, 0.25) is 5.02 Å². The van der Waals surface area contributed by atoms with Crippen LogP contribution in [0.3, 0.4) is 0 Å². The quantitative estimate of drug-likeness (QED) is 0.423. The molecule has 10 heteroatoms. The van der Waals surface area contributed by atoms with Gasteiger partial charge in [0.25, 0.3) is 11.1 Å². The van der Waals surface area contributed by atoms with Crippen molar-refractivity contribution in [3.8, 4) is 22.9 Å². The van der Waals surface area contributed by atoms with Gasteiger partial charge in [-0.15, -0.1) is 10.2 Å². The monoisotopic (exact) mass is 428 g/mol. The Labute approximate surface area is 174 Å². The van der Waals surface area contributed by atoms with Gasteiger partial charge in [0, 0.05) is 10.6 Å². The van der Waals surface area contributed by atoms with Gasteiger partial charge in [-0.2, -0.15) is 4.98 Å². The van der Waals surface area contributed by atoms with E-state index >= 15 is 0 Å². The normalized spacial score (nSPS) is 15.4. The van der Waals surface area contributed by atoms with Gasteiger partial charge in [0.2, 0.25) is 17.8 Å². The molecule has 8 nitrogen and oxygen atoms in total. The number of halogens is 1. The number of thioether (sulfide) groups is 1. The molecule has 4 aromatic rings. The maximum Gasteiger partial charge on any atom is 0.277 e. The molecular weight excluding hydrogens is 416 g/mol. The fraction of sp³-hybridized carbons (Fsp3) is 0.158. The van der Waals surface area contributed by atoms with E-state index in [2.05, 4.69) is 20.3 Å². The predicted molar refractivity (Wildman–Crippen MR) is 104 cm³/mol. The Morgan fingerprint density at radius 3 is 2.72 bits per heavy atom. The van der Waals surface area contributed by atoms with Gasteiger partial charge in [-0.05, 0) is 36.4 Å². The van der Waals surface area contributed by atoms with Crippen LogP contribution in [0.15, 0.2) is 62.7 Å². The van der Waals surface area contributed by atoms with Crippen molar-refractivity contribution in [2.24, 2.45) is 0 Å². The van der Waals surface area contributed by atoms with Crippen LogP contribution in [0.1, 0.15) is 17.9 Å². The summed E-state index contributed by atoms with van der Waals surface area (Å²) in [5.41, 5.74) is 0.823. The number of fused-ring (bicyclic) bond motifs is 1. The molecule has 1 aliphatic rings. The van der Waals surface area contributed by atoms with Gasteiger partial charge in [-0.1, -0.05) is 40.7 Å². The number of benzene rings is 2. The van der Waals surface area contributed by atoms with Gasteiger partial charge in [-0.25, -0.2) is 0 Å². The lowest BCUT2D eigenvalue weighted by Crippen LogP contribution is -2.21. The molecule has 5 rings (SSSR count). The lowest BCUT2D eigenvalue weighted by Gasteiger charge is -2.23. The van der Waals surface area contributed by atoms with Crippen molar-refractivity contribution >= 4 is 23.4 Å². The molecule has 0 saturated carbocycles. The SMILES string of the molecule is Clc1ccc(-c2noc(CSc3nnc([C@@H]4COc5ccccc5O4)o3)n2)cc1. The molecular formula is C19H13ClN4O4S. The Morgan fingerprint density at radius 2 is 1.86 bits per heavy atom. The van der Waals surface area contributed by atoms with E-state index in [1.54, 1.807) is 12.1 Å². The molecule has 0 saturated heterocycles. The highest BCUT2D eigenvalue weighted by Gasteiger charge is 2.27. The maximum atomic E-state index is 5.90. The van der Waals surface area contributed by atoms with E-state index in [1.165, 1.54) is 11.8 Å². The van der Waals surface area contributed by atoms with E-state index in [4.69, 9.17) is 30.0 Å². The summed E-state index contributed by atoms with van der Waals surface area (Å²) in [4.78, 5) is 4.37. The highest BCUT2D eigenvalue weighted by Crippen LogP contribution is 2.36. The number of hydrogen-bond acceptors (Lipinski definition) is 9. The zero-order chi connectivity index (χ0) is 19.6. The zero-order valence-corrected chi connectivity index (χ0v) is 16.4. The van der Waals surface area contributed by atoms with E-state index in [-0.39, 0.29) is 0 Å². The minimum Gasteiger partial charge on any atom is -0.485 e. The van der Waals surface area contributed by atoms with Crippen LogP contribution >= 0.6 is 23.4 Å². The smallest absolute Gasteiger partial charge is 0.277 e. The fourth-order valence-corrected chi connectivity index (χ4v) is 3.44. The second-order valence-corrected chi connectivity index (χ2v) is 7.44. The van der Waals surface area contributed by atoms with Crippen molar-refractivity contribution in [1.82, 2.24) is 20.3 Å². The van der Waals surface area contributed by atoms with Crippen LogP contribution in [0, 0.1) is 0 Å². The maximum absolute atomic E-state index is 5.90. The van der Waals surface area contributed by atoms with E-state index in [1.807, 2.05) is 36.4 Å². The summed E-state index contributed by atoms with van der Waals surface area (Å²) < 4.78 is 22.5. The molecule has 146 valence electrons. The number of hydrogen-bond donors (Lipinski definition) is 0. The van der Waals surface area contributed by atoms with E-state index in [0.29, 0.717) is 51.7 Å². The molecule has 2 aromatic heterocycles. The molecule has 0 bridgehead atoms. The Balaban J connectivity index is 1.22. The number of rotatable bonds is 5. The summed E-state index contributed by atoms with van der Waals surface area (Å²) in [5, 5.41) is 13.1. The number of ether oxygens (including phenoxy) is 2. The van der Waals surface area contributed by atoms with Gasteiger partial charge in [-0.3, -0.25) is 0 Å². The van der Waals surface area contributed by atoms with Crippen molar-refractivity contribution in [1.29, 1.82) is 0 Å². The number of aromatic nitrogens is 4. The lowest BCUT2D eigenvalue weighted by molar-refractivity contribution is 0.0686. The summed E-state index contributed by atoms with van der Waals surface area (Å²) in [6.45, 7) is 0.303. The highest BCUT2D eigenvalue weighted by atomic mass is 35.5. The van der Waals surface area contributed by atoms with Crippen molar-refractivity contribution in [3.63, 3.8) is 0 Å². The van der Waals surface area contributed by atoms with Gasteiger partial charge in [0.15, 0.2) is 11.5 Å². The molecule has 2 aromatic carbocycles. The minimum absolute atomic E-state index is 0.303. The van der Waals surface area contributed by atoms with Crippen molar-refractivity contribution in [3.05, 3.63) is 65.3 Å². The predicted octanol–water partition coefficient (Wildman–Crippen LogP) is 4.58. The van der Waals surface area contributed by atoms with Gasteiger partial charge >= 0.3 is 0 Å². The average molecular weight is 429 g/mol. The first kappa shape index (κ1) is 18.0. The summed E-state index contributed by atoms with van der Waals surface area (Å²) in [5.74, 6) is 3.05. The molecule has 0 fully saturated rings. The highest BCUT2D eigenvalue weighted by molar-refractivity contribution is 7.98. The Hall–Kier alpha value is -3.04. The first-order chi connectivity index (χ1) is 14.2. The topological polar surface area (TPSA) is 96.3 Å². The van der Waals surface area contributed by atoms with E-state index < -0.39 is 6.10 Å². The molecule has 29 heavy (non-hydrogen) atoms. The number of nitrogens with zero attached hydrogens (tertiary/aromatic N) is 4. The van der Waals surface area contributed by atoms with Crippen LogP contribution in [0.4, 0.5) is 0 Å². The second-order valence-electron chi connectivity index (χ2n) is 6.08. The van der Waals surface area contributed by atoms with Gasteiger partial charge in [0.05, 0.1) is 5.75 Å². The molecule has 0 spiro atoms. The summed E-state index contributed by atoms with van der Waals surface area (Å²) in [6, 6.07) is 14.7. The summed E-state index contributed by atoms with van der Waals surface area (Å²) in [6.07, 6.45) is -0.452. The molecule has 1 atom stereocenters. The molecule has 0 unspecified atom stereocenters. The van der Waals surface area contributed by atoms with Crippen LogP contribution in [-0.2, 0) is 5.75 Å². The largest absolute Gasteiger partial charge is 0.485 e. The molecule has 3 heterocycles. The zero-order valence-electron chi connectivity index (χ0n) is 14.8. The first-order valence-electron chi connectivity index (χ1n) is 8.68. The molecule has 0 N–H and O–H groups in total. The van der Waals surface area contributed by atoms with E-state index in [9.17, 15) is 0 Å². The Morgan fingerprint density at radius 1 is 1.03 bits per heavy atom. The molecule has 0 radical (unpaired) electrons. The van der Waals surface area contributed by atoms with E-state index in [0.717, 1.165) is 5.56 Å². The second kappa shape index (κ2) is 7.76. The van der Waals surface area contributed by atoms with Crippen molar-refractivity contribution < 1.29 is 18.4 Å². The fourth-order valence-electron chi connectivity index (χ4n) is 2.70. The van der Waals surface area contributed by atoms with Crippen molar-refractivity contribution in [2.45, 2.75) is 17.1 Å². The van der Waals surface area contributed by atoms with Crippen LogP contribution in [0.5, 0.6) is 11.5 Å². The minimum atomic E-state index is -0.452. The first-order valence-corrected chi connectivity index (χ1v) is 10.0. The Kier molecular flexibility index (Phi) is 4.82. The lowest BCUT2D eigenvalue weighted by atomic mass is 10.2.